The van der Waals surface area contributed by atoms with Crippen LogP contribution in [0.3, 0.4) is 0 Å². The van der Waals surface area contributed by atoms with Crippen molar-refractivity contribution in [3.63, 3.8) is 0 Å². The second kappa shape index (κ2) is 5.18. The number of carboxylic acid groups (broad SMARTS) is 1. The average molecular weight is 267 g/mol. The van der Waals surface area contributed by atoms with E-state index >= 15 is 0 Å². The first-order chi connectivity index (χ1) is 8.56. The Labute approximate surface area is 108 Å². The van der Waals surface area contributed by atoms with Gasteiger partial charge < -0.3 is 9.52 Å². The smallest absolute Gasteiger partial charge is 0.304 e. The second-order valence-corrected chi connectivity index (χ2v) is 4.39. The van der Waals surface area contributed by atoms with Gasteiger partial charge in [0.25, 0.3) is 0 Å². The summed E-state index contributed by atoms with van der Waals surface area (Å²) in [6.07, 6.45) is -0.0445. The molecule has 1 atom stereocenters. The molecule has 1 aromatic heterocycles. The Morgan fingerprint density at radius 3 is 2.94 bits per heavy atom. The molecular formula is C12H11ClN2O3. The van der Waals surface area contributed by atoms with Gasteiger partial charge in [-0.3, -0.25) is 4.79 Å². The van der Waals surface area contributed by atoms with E-state index in [9.17, 15) is 4.79 Å². The molecule has 0 saturated heterocycles. The Bertz CT molecular complexity index is 568. The third-order valence-electron chi connectivity index (χ3n) is 2.41. The van der Waals surface area contributed by atoms with Crippen molar-refractivity contribution >= 4 is 17.6 Å². The number of aromatic nitrogens is 2. The van der Waals surface area contributed by atoms with Crippen LogP contribution in [0.1, 0.15) is 25.2 Å². The maximum absolute atomic E-state index is 10.6. The van der Waals surface area contributed by atoms with E-state index in [1.165, 1.54) is 0 Å². The van der Waals surface area contributed by atoms with Crippen molar-refractivity contribution < 1.29 is 14.3 Å². The molecular weight excluding hydrogens is 256 g/mol. The molecule has 1 unspecified atom stereocenters. The van der Waals surface area contributed by atoms with E-state index in [0.717, 1.165) is 0 Å². The van der Waals surface area contributed by atoms with Gasteiger partial charge in [-0.2, -0.15) is 0 Å². The number of hydrogen-bond donors (Lipinski definition) is 1. The van der Waals surface area contributed by atoms with Gasteiger partial charge >= 0.3 is 5.97 Å². The molecule has 0 aliphatic heterocycles. The molecule has 5 nitrogen and oxygen atoms in total. The zero-order valence-electron chi connectivity index (χ0n) is 9.63. The van der Waals surface area contributed by atoms with Crippen molar-refractivity contribution in [2.24, 2.45) is 0 Å². The highest BCUT2D eigenvalue weighted by atomic mass is 35.5. The summed E-state index contributed by atoms with van der Waals surface area (Å²) in [7, 11) is 0. The van der Waals surface area contributed by atoms with E-state index < -0.39 is 5.97 Å². The number of rotatable bonds is 4. The number of nitrogens with zero attached hydrogens (tertiary/aromatic N) is 2. The first kappa shape index (κ1) is 12.6. The van der Waals surface area contributed by atoms with Crippen LogP contribution in [0.4, 0.5) is 0 Å². The van der Waals surface area contributed by atoms with Crippen molar-refractivity contribution in [1.29, 1.82) is 0 Å². The maximum Gasteiger partial charge on any atom is 0.304 e. The Morgan fingerprint density at radius 1 is 1.50 bits per heavy atom. The van der Waals surface area contributed by atoms with Gasteiger partial charge in [0.1, 0.15) is 0 Å². The van der Waals surface area contributed by atoms with Crippen molar-refractivity contribution in [3.8, 4) is 11.5 Å². The van der Waals surface area contributed by atoms with E-state index in [0.29, 0.717) is 22.4 Å². The lowest BCUT2D eigenvalue weighted by atomic mass is 10.1. The van der Waals surface area contributed by atoms with Gasteiger partial charge in [0, 0.05) is 16.5 Å². The minimum atomic E-state index is -0.898. The standard InChI is InChI=1S/C12H11ClN2O3/c1-7(5-10(16)17)11-14-15-12(18-11)8-3-2-4-9(13)6-8/h2-4,6-7H,5H2,1H3,(H,16,17). The number of carbonyl (C=O) groups is 1. The predicted molar refractivity (Wildman–Crippen MR) is 65.4 cm³/mol. The summed E-state index contributed by atoms with van der Waals surface area (Å²) in [5.41, 5.74) is 0.712. The van der Waals surface area contributed by atoms with E-state index in [1.54, 1.807) is 31.2 Å². The molecule has 0 spiro atoms. The average Bonchev–Trinajstić information content (AvgIpc) is 2.77. The van der Waals surface area contributed by atoms with Crippen LogP contribution < -0.4 is 0 Å². The normalized spacial score (nSPS) is 12.3. The number of hydrogen-bond acceptors (Lipinski definition) is 4. The molecule has 0 bridgehead atoms. The summed E-state index contributed by atoms with van der Waals surface area (Å²) in [6, 6.07) is 7.03. The summed E-state index contributed by atoms with van der Waals surface area (Å²) in [6.45, 7) is 1.73. The molecule has 1 heterocycles. The van der Waals surface area contributed by atoms with Crippen LogP contribution >= 0.6 is 11.6 Å². The Morgan fingerprint density at radius 2 is 2.28 bits per heavy atom. The molecule has 94 valence electrons. The van der Waals surface area contributed by atoms with Crippen LogP contribution in [0.2, 0.25) is 5.02 Å². The van der Waals surface area contributed by atoms with E-state index in [2.05, 4.69) is 10.2 Å². The molecule has 0 amide bonds. The number of halogens is 1. The summed E-state index contributed by atoms with van der Waals surface area (Å²) in [5, 5.41) is 17.0. The van der Waals surface area contributed by atoms with Gasteiger partial charge in [0.05, 0.1) is 6.42 Å². The fourth-order valence-electron chi connectivity index (χ4n) is 1.52. The van der Waals surface area contributed by atoms with E-state index in [1.807, 2.05) is 0 Å². The summed E-state index contributed by atoms with van der Waals surface area (Å²) in [5.74, 6) is -0.565. The second-order valence-electron chi connectivity index (χ2n) is 3.95. The molecule has 18 heavy (non-hydrogen) atoms. The molecule has 0 fully saturated rings. The molecule has 0 aliphatic carbocycles. The highest BCUT2D eigenvalue weighted by molar-refractivity contribution is 6.30. The SMILES string of the molecule is CC(CC(=O)O)c1nnc(-c2cccc(Cl)c2)o1. The van der Waals surface area contributed by atoms with Crippen molar-refractivity contribution in [3.05, 3.63) is 35.2 Å². The fraction of sp³-hybridized carbons (Fsp3) is 0.250. The predicted octanol–water partition coefficient (Wildman–Crippen LogP) is 2.97. The lowest BCUT2D eigenvalue weighted by molar-refractivity contribution is -0.137. The van der Waals surface area contributed by atoms with Gasteiger partial charge in [0.2, 0.25) is 11.8 Å². The minimum absolute atomic E-state index is 0.0445. The highest BCUT2D eigenvalue weighted by Gasteiger charge is 2.17. The molecule has 6 heteroatoms. The molecule has 0 saturated carbocycles. The van der Waals surface area contributed by atoms with Crippen LogP contribution in [-0.2, 0) is 4.79 Å². The molecule has 0 aliphatic rings. The topological polar surface area (TPSA) is 76.2 Å². The third-order valence-corrected chi connectivity index (χ3v) is 2.65. The van der Waals surface area contributed by atoms with Crippen LogP contribution in [0, 0.1) is 0 Å². The monoisotopic (exact) mass is 266 g/mol. The highest BCUT2D eigenvalue weighted by Crippen LogP contribution is 2.25. The van der Waals surface area contributed by atoms with Crippen molar-refractivity contribution in [2.45, 2.75) is 19.3 Å². The fourth-order valence-corrected chi connectivity index (χ4v) is 1.71. The first-order valence-electron chi connectivity index (χ1n) is 5.37. The molecule has 1 aromatic carbocycles. The summed E-state index contributed by atoms with van der Waals surface area (Å²) >= 11 is 5.87. The van der Waals surface area contributed by atoms with Gasteiger partial charge in [-0.1, -0.05) is 24.6 Å². The minimum Gasteiger partial charge on any atom is -0.481 e. The molecule has 2 aromatic rings. The summed E-state index contributed by atoms with van der Waals surface area (Å²) in [4.78, 5) is 10.6. The molecule has 2 rings (SSSR count). The Balaban J connectivity index is 2.22. The number of benzene rings is 1. The summed E-state index contributed by atoms with van der Waals surface area (Å²) < 4.78 is 5.44. The zero-order valence-corrected chi connectivity index (χ0v) is 10.4. The largest absolute Gasteiger partial charge is 0.481 e. The first-order valence-corrected chi connectivity index (χ1v) is 5.75. The zero-order chi connectivity index (χ0) is 13.1. The van der Waals surface area contributed by atoms with Gasteiger partial charge in [-0.15, -0.1) is 10.2 Å². The molecule has 0 radical (unpaired) electrons. The van der Waals surface area contributed by atoms with E-state index in [-0.39, 0.29) is 12.3 Å². The van der Waals surface area contributed by atoms with Crippen LogP contribution in [0.25, 0.3) is 11.5 Å². The van der Waals surface area contributed by atoms with Crippen molar-refractivity contribution in [2.75, 3.05) is 0 Å². The van der Waals surface area contributed by atoms with Crippen LogP contribution in [-0.4, -0.2) is 21.3 Å². The van der Waals surface area contributed by atoms with E-state index in [4.69, 9.17) is 21.1 Å². The Kier molecular flexibility index (Phi) is 3.62. The van der Waals surface area contributed by atoms with Crippen LogP contribution in [0.5, 0.6) is 0 Å². The Hall–Kier alpha value is -1.88. The lowest BCUT2D eigenvalue weighted by Gasteiger charge is -2.01. The van der Waals surface area contributed by atoms with Gasteiger partial charge in [-0.25, -0.2) is 0 Å². The van der Waals surface area contributed by atoms with Crippen molar-refractivity contribution in [1.82, 2.24) is 10.2 Å². The third kappa shape index (κ3) is 2.87. The maximum atomic E-state index is 10.6. The van der Waals surface area contributed by atoms with Gasteiger partial charge in [0.15, 0.2) is 0 Å². The van der Waals surface area contributed by atoms with Crippen LogP contribution in [0.15, 0.2) is 28.7 Å². The quantitative estimate of drug-likeness (QED) is 0.921. The van der Waals surface area contributed by atoms with Gasteiger partial charge in [-0.05, 0) is 18.2 Å². The lowest BCUT2D eigenvalue weighted by Crippen LogP contribution is -2.02. The number of aliphatic carboxylic acids is 1. The number of carboxylic acids is 1. The molecule has 1 N–H and O–H groups in total.